The van der Waals surface area contributed by atoms with Gasteiger partial charge in [0.1, 0.15) is 5.75 Å². The molecule has 0 N–H and O–H groups in total. The molecule has 100 valence electrons. The maximum absolute atomic E-state index is 5.64. The Morgan fingerprint density at radius 3 is 2.94 bits per heavy atom. The number of ether oxygens (including phenoxy) is 3. The quantitative estimate of drug-likeness (QED) is 0.794. The number of para-hydroxylation sites is 1. The van der Waals surface area contributed by atoms with Crippen LogP contribution in [0.4, 0.5) is 0 Å². The van der Waals surface area contributed by atoms with Crippen molar-refractivity contribution in [2.24, 2.45) is 0 Å². The second kappa shape index (κ2) is 6.73. The lowest BCUT2D eigenvalue weighted by atomic mass is 10.1. The van der Waals surface area contributed by atoms with Crippen molar-refractivity contribution in [3.05, 3.63) is 29.8 Å². The Balaban J connectivity index is 1.96. The van der Waals surface area contributed by atoms with Gasteiger partial charge in [-0.1, -0.05) is 18.2 Å². The highest BCUT2D eigenvalue weighted by atomic mass is 16.5. The van der Waals surface area contributed by atoms with Crippen LogP contribution in [-0.4, -0.2) is 51.5 Å². The summed E-state index contributed by atoms with van der Waals surface area (Å²) in [6, 6.07) is 8.16. The summed E-state index contributed by atoms with van der Waals surface area (Å²) in [5, 5.41) is 0. The predicted octanol–water partition coefficient (Wildman–Crippen LogP) is 1.54. The monoisotopic (exact) mass is 251 g/mol. The molecule has 4 heteroatoms. The number of hydrogen-bond acceptors (Lipinski definition) is 4. The van der Waals surface area contributed by atoms with Crippen LogP contribution in [0.5, 0.6) is 5.75 Å². The molecule has 1 aromatic carbocycles. The van der Waals surface area contributed by atoms with Gasteiger partial charge in [-0.25, -0.2) is 0 Å². The Hall–Kier alpha value is -1.10. The highest BCUT2D eigenvalue weighted by Crippen LogP contribution is 2.20. The minimum absolute atomic E-state index is 0.179. The molecule has 1 aliphatic heterocycles. The normalized spacial score (nSPS) is 20.9. The fraction of sp³-hybridized carbons (Fsp3) is 0.571. The number of nitrogens with zero attached hydrogens (tertiary/aromatic N) is 1. The van der Waals surface area contributed by atoms with Crippen LogP contribution in [0, 0.1) is 0 Å². The zero-order chi connectivity index (χ0) is 12.8. The summed E-state index contributed by atoms with van der Waals surface area (Å²) in [4.78, 5) is 2.38. The van der Waals surface area contributed by atoms with E-state index < -0.39 is 0 Å². The van der Waals surface area contributed by atoms with Crippen LogP contribution in [0.2, 0.25) is 0 Å². The van der Waals surface area contributed by atoms with E-state index >= 15 is 0 Å². The van der Waals surface area contributed by atoms with Gasteiger partial charge in [0.25, 0.3) is 0 Å². The molecule has 1 heterocycles. The van der Waals surface area contributed by atoms with Gasteiger partial charge >= 0.3 is 0 Å². The van der Waals surface area contributed by atoms with Gasteiger partial charge in [0.15, 0.2) is 0 Å². The number of morpholine rings is 1. The smallest absolute Gasteiger partial charge is 0.123 e. The summed E-state index contributed by atoms with van der Waals surface area (Å²) in [7, 11) is 3.43. The summed E-state index contributed by atoms with van der Waals surface area (Å²) in [6.07, 6.45) is 0.179. The Morgan fingerprint density at radius 1 is 1.33 bits per heavy atom. The van der Waals surface area contributed by atoms with Crippen LogP contribution in [0.25, 0.3) is 0 Å². The van der Waals surface area contributed by atoms with Gasteiger partial charge < -0.3 is 14.2 Å². The van der Waals surface area contributed by atoms with E-state index in [-0.39, 0.29) is 6.10 Å². The van der Waals surface area contributed by atoms with Crippen LogP contribution in [-0.2, 0) is 16.0 Å². The van der Waals surface area contributed by atoms with Crippen molar-refractivity contribution in [1.82, 2.24) is 4.90 Å². The van der Waals surface area contributed by atoms with Crippen molar-refractivity contribution in [1.29, 1.82) is 0 Å². The second-order valence-electron chi connectivity index (χ2n) is 4.50. The first-order valence-electron chi connectivity index (χ1n) is 6.28. The van der Waals surface area contributed by atoms with Crippen molar-refractivity contribution < 1.29 is 14.2 Å². The zero-order valence-electron chi connectivity index (χ0n) is 11.1. The Labute approximate surface area is 108 Å². The molecule has 0 amide bonds. The highest BCUT2D eigenvalue weighted by molar-refractivity contribution is 5.33. The van der Waals surface area contributed by atoms with Crippen LogP contribution in [0.1, 0.15) is 5.56 Å². The van der Waals surface area contributed by atoms with Crippen molar-refractivity contribution in [2.45, 2.75) is 12.6 Å². The van der Waals surface area contributed by atoms with E-state index in [1.807, 2.05) is 18.2 Å². The van der Waals surface area contributed by atoms with Gasteiger partial charge in [-0.3, -0.25) is 4.90 Å². The third-order valence-electron chi connectivity index (χ3n) is 3.16. The molecule has 4 nitrogen and oxygen atoms in total. The number of hydrogen-bond donors (Lipinski definition) is 0. The number of methoxy groups -OCH3 is 2. The first-order chi connectivity index (χ1) is 8.83. The van der Waals surface area contributed by atoms with Crippen LogP contribution in [0.3, 0.4) is 0 Å². The average Bonchev–Trinajstić information content (AvgIpc) is 2.40. The van der Waals surface area contributed by atoms with Crippen molar-refractivity contribution in [3.8, 4) is 5.75 Å². The first-order valence-corrected chi connectivity index (χ1v) is 6.28. The lowest BCUT2D eigenvalue weighted by Crippen LogP contribution is -2.43. The van der Waals surface area contributed by atoms with E-state index in [4.69, 9.17) is 14.2 Å². The van der Waals surface area contributed by atoms with Crippen molar-refractivity contribution >= 4 is 0 Å². The largest absolute Gasteiger partial charge is 0.496 e. The average molecular weight is 251 g/mol. The molecule has 0 bridgehead atoms. The first kappa shape index (κ1) is 13.3. The molecule has 0 aliphatic carbocycles. The van der Waals surface area contributed by atoms with Gasteiger partial charge in [-0.05, 0) is 6.07 Å². The van der Waals surface area contributed by atoms with Gasteiger partial charge in [0.05, 0.1) is 26.4 Å². The summed E-state index contributed by atoms with van der Waals surface area (Å²) in [6.45, 7) is 4.18. The Morgan fingerprint density at radius 2 is 2.17 bits per heavy atom. The van der Waals surface area contributed by atoms with E-state index in [0.717, 1.165) is 32.0 Å². The van der Waals surface area contributed by atoms with Gasteiger partial charge in [-0.15, -0.1) is 0 Å². The maximum atomic E-state index is 5.64. The molecule has 18 heavy (non-hydrogen) atoms. The fourth-order valence-electron chi connectivity index (χ4n) is 2.29. The molecule has 1 aliphatic rings. The predicted molar refractivity (Wildman–Crippen MR) is 69.9 cm³/mol. The Bertz CT molecular complexity index is 368. The third-order valence-corrected chi connectivity index (χ3v) is 3.16. The van der Waals surface area contributed by atoms with Gasteiger partial charge in [0, 0.05) is 32.3 Å². The molecule has 1 atom stereocenters. The highest BCUT2D eigenvalue weighted by Gasteiger charge is 2.21. The van der Waals surface area contributed by atoms with Crippen LogP contribution >= 0.6 is 0 Å². The molecular formula is C14H21NO3. The van der Waals surface area contributed by atoms with E-state index in [1.165, 1.54) is 5.56 Å². The molecule has 1 fully saturated rings. The minimum atomic E-state index is 0.179. The topological polar surface area (TPSA) is 30.9 Å². The lowest BCUT2D eigenvalue weighted by molar-refractivity contribution is -0.0632. The SMILES string of the molecule is COC[C@H]1CN(Cc2ccccc2OC)CCO1. The van der Waals surface area contributed by atoms with Crippen molar-refractivity contribution in [2.75, 3.05) is 40.5 Å². The van der Waals surface area contributed by atoms with Gasteiger partial charge in [-0.2, -0.15) is 0 Å². The molecular weight excluding hydrogens is 230 g/mol. The number of benzene rings is 1. The van der Waals surface area contributed by atoms with E-state index in [2.05, 4.69) is 11.0 Å². The maximum Gasteiger partial charge on any atom is 0.123 e. The Kier molecular flexibility index (Phi) is 4.99. The van der Waals surface area contributed by atoms with E-state index in [0.29, 0.717) is 6.61 Å². The summed E-state index contributed by atoms with van der Waals surface area (Å²) in [5.74, 6) is 0.951. The molecule has 1 saturated heterocycles. The molecule has 0 unspecified atom stereocenters. The molecule has 0 radical (unpaired) electrons. The summed E-state index contributed by atoms with van der Waals surface area (Å²) >= 11 is 0. The second-order valence-corrected chi connectivity index (χ2v) is 4.50. The van der Waals surface area contributed by atoms with Gasteiger partial charge in [0.2, 0.25) is 0 Å². The third kappa shape index (κ3) is 3.45. The van der Waals surface area contributed by atoms with E-state index in [1.54, 1.807) is 14.2 Å². The fourth-order valence-corrected chi connectivity index (χ4v) is 2.29. The standard InChI is InChI=1S/C14H21NO3/c1-16-11-13-10-15(7-8-18-13)9-12-5-3-4-6-14(12)17-2/h3-6,13H,7-11H2,1-2H3/t13-/m1/s1. The summed E-state index contributed by atoms with van der Waals surface area (Å²) < 4.78 is 16.2. The van der Waals surface area contributed by atoms with Crippen LogP contribution < -0.4 is 4.74 Å². The molecule has 0 spiro atoms. The molecule has 0 aromatic heterocycles. The zero-order valence-corrected chi connectivity index (χ0v) is 11.1. The lowest BCUT2D eigenvalue weighted by Gasteiger charge is -2.32. The number of rotatable bonds is 5. The van der Waals surface area contributed by atoms with Crippen LogP contribution in [0.15, 0.2) is 24.3 Å². The molecule has 2 rings (SSSR count). The van der Waals surface area contributed by atoms with E-state index in [9.17, 15) is 0 Å². The summed E-state index contributed by atoms with van der Waals surface area (Å²) in [5.41, 5.74) is 1.22. The van der Waals surface area contributed by atoms with Crippen molar-refractivity contribution in [3.63, 3.8) is 0 Å². The molecule has 1 aromatic rings. The minimum Gasteiger partial charge on any atom is -0.496 e. The molecule has 0 saturated carbocycles.